The molecular formula is C14H21NO4. The lowest BCUT2D eigenvalue weighted by Crippen LogP contribution is -2.49. The van der Waals surface area contributed by atoms with Crippen LogP contribution in [0.5, 0.6) is 0 Å². The number of hydrogen-bond donors (Lipinski definition) is 1. The first-order chi connectivity index (χ1) is 9.16. The van der Waals surface area contributed by atoms with Gasteiger partial charge in [0.05, 0.1) is 25.7 Å². The molecule has 1 atom stereocenters. The van der Waals surface area contributed by atoms with Gasteiger partial charge in [0.2, 0.25) is 5.91 Å². The molecule has 2 aliphatic rings. The van der Waals surface area contributed by atoms with Crippen molar-refractivity contribution in [3.63, 3.8) is 0 Å². The first kappa shape index (κ1) is 14.1. The Bertz CT molecular complexity index is 378. The minimum atomic E-state index is -0.884. The molecule has 106 valence electrons. The lowest BCUT2D eigenvalue weighted by atomic mass is 9.96. The third-order valence-corrected chi connectivity index (χ3v) is 3.72. The summed E-state index contributed by atoms with van der Waals surface area (Å²) < 4.78 is 5.28. The highest BCUT2D eigenvalue weighted by Crippen LogP contribution is 2.22. The molecule has 1 N–H and O–H groups in total. The van der Waals surface area contributed by atoms with E-state index in [2.05, 4.69) is 6.08 Å². The van der Waals surface area contributed by atoms with Crippen LogP contribution in [0.15, 0.2) is 11.6 Å². The Labute approximate surface area is 113 Å². The van der Waals surface area contributed by atoms with E-state index in [1.807, 2.05) is 0 Å². The fourth-order valence-electron chi connectivity index (χ4n) is 2.71. The summed E-state index contributed by atoms with van der Waals surface area (Å²) in [6.07, 6.45) is 6.98. The molecule has 0 aromatic carbocycles. The third-order valence-electron chi connectivity index (χ3n) is 3.72. The number of hydrogen-bond acceptors (Lipinski definition) is 3. The average molecular weight is 267 g/mol. The quantitative estimate of drug-likeness (QED) is 0.785. The fraction of sp³-hybridized carbons (Fsp3) is 0.714. The van der Waals surface area contributed by atoms with Gasteiger partial charge in [-0.3, -0.25) is 9.59 Å². The van der Waals surface area contributed by atoms with Gasteiger partial charge in [0.1, 0.15) is 0 Å². The smallest absolute Gasteiger partial charge is 0.305 e. The van der Waals surface area contributed by atoms with Crippen molar-refractivity contribution < 1.29 is 19.4 Å². The average Bonchev–Trinajstić information content (AvgIpc) is 2.39. The zero-order valence-corrected chi connectivity index (χ0v) is 11.1. The van der Waals surface area contributed by atoms with Crippen LogP contribution in [0.4, 0.5) is 0 Å². The van der Waals surface area contributed by atoms with Crippen LogP contribution in [-0.4, -0.2) is 47.7 Å². The van der Waals surface area contributed by atoms with Crippen LogP contribution < -0.4 is 0 Å². The number of amides is 1. The summed E-state index contributed by atoms with van der Waals surface area (Å²) in [5.41, 5.74) is 1.21. The minimum absolute atomic E-state index is 0.0369. The number of nitrogens with zero attached hydrogens (tertiary/aromatic N) is 1. The van der Waals surface area contributed by atoms with Gasteiger partial charge in [-0.15, -0.1) is 0 Å². The number of aliphatic carboxylic acids is 1. The Morgan fingerprint density at radius 1 is 1.42 bits per heavy atom. The van der Waals surface area contributed by atoms with Gasteiger partial charge in [-0.1, -0.05) is 11.6 Å². The van der Waals surface area contributed by atoms with Crippen LogP contribution in [0.1, 0.15) is 38.5 Å². The van der Waals surface area contributed by atoms with Crippen molar-refractivity contribution >= 4 is 11.9 Å². The van der Waals surface area contributed by atoms with E-state index in [0.29, 0.717) is 26.2 Å². The van der Waals surface area contributed by atoms with Crippen molar-refractivity contribution in [2.24, 2.45) is 0 Å². The largest absolute Gasteiger partial charge is 0.481 e. The maximum Gasteiger partial charge on any atom is 0.305 e. The van der Waals surface area contributed by atoms with Crippen molar-refractivity contribution in [2.45, 2.75) is 44.6 Å². The Morgan fingerprint density at radius 2 is 2.26 bits per heavy atom. The van der Waals surface area contributed by atoms with Gasteiger partial charge in [-0.2, -0.15) is 0 Å². The number of carbonyl (C=O) groups is 2. The Morgan fingerprint density at radius 3 is 2.95 bits per heavy atom. The number of morpholine rings is 1. The molecule has 1 aliphatic carbocycles. The minimum Gasteiger partial charge on any atom is -0.481 e. The van der Waals surface area contributed by atoms with Crippen LogP contribution >= 0.6 is 0 Å². The summed E-state index contributed by atoms with van der Waals surface area (Å²) >= 11 is 0. The van der Waals surface area contributed by atoms with Crippen molar-refractivity contribution in [2.75, 3.05) is 19.8 Å². The summed E-state index contributed by atoms with van der Waals surface area (Å²) in [6, 6.07) is -0.317. The molecule has 1 heterocycles. The van der Waals surface area contributed by atoms with Crippen LogP contribution in [0.3, 0.4) is 0 Å². The van der Waals surface area contributed by atoms with E-state index < -0.39 is 5.97 Å². The van der Waals surface area contributed by atoms with E-state index in [9.17, 15) is 9.59 Å². The molecule has 1 amide bonds. The number of allylic oxidation sites excluding steroid dienone is 1. The highest BCUT2D eigenvalue weighted by Gasteiger charge is 2.29. The fourth-order valence-corrected chi connectivity index (χ4v) is 2.71. The Balaban J connectivity index is 1.94. The van der Waals surface area contributed by atoms with Gasteiger partial charge >= 0.3 is 5.97 Å². The molecule has 1 saturated heterocycles. The number of rotatable bonds is 4. The molecule has 0 aromatic heterocycles. The van der Waals surface area contributed by atoms with E-state index in [1.165, 1.54) is 12.0 Å². The molecule has 0 bridgehead atoms. The maximum atomic E-state index is 12.3. The Kier molecular flexibility index (Phi) is 4.96. The topological polar surface area (TPSA) is 66.8 Å². The predicted molar refractivity (Wildman–Crippen MR) is 69.7 cm³/mol. The number of carboxylic acid groups (broad SMARTS) is 1. The van der Waals surface area contributed by atoms with Crippen molar-refractivity contribution in [3.8, 4) is 0 Å². The first-order valence-electron chi connectivity index (χ1n) is 6.93. The molecule has 0 spiro atoms. The zero-order valence-electron chi connectivity index (χ0n) is 11.1. The predicted octanol–water partition coefficient (Wildman–Crippen LogP) is 1.58. The second-order valence-electron chi connectivity index (χ2n) is 5.20. The van der Waals surface area contributed by atoms with Crippen LogP contribution in [0, 0.1) is 0 Å². The molecule has 0 aromatic rings. The van der Waals surface area contributed by atoms with E-state index in [0.717, 1.165) is 19.3 Å². The van der Waals surface area contributed by atoms with Crippen LogP contribution in [-0.2, 0) is 14.3 Å². The molecular weight excluding hydrogens is 246 g/mol. The molecule has 5 heteroatoms. The Hall–Kier alpha value is -1.36. The van der Waals surface area contributed by atoms with Gasteiger partial charge in [0.25, 0.3) is 0 Å². The van der Waals surface area contributed by atoms with Gasteiger partial charge in [-0.25, -0.2) is 0 Å². The van der Waals surface area contributed by atoms with Crippen molar-refractivity contribution in [3.05, 3.63) is 11.6 Å². The summed E-state index contributed by atoms with van der Waals surface area (Å²) in [5.74, 6) is -0.840. The highest BCUT2D eigenvalue weighted by molar-refractivity contribution is 5.80. The van der Waals surface area contributed by atoms with E-state index in [-0.39, 0.29) is 18.4 Å². The summed E-state index contributed by atoms with van der Waals surface area (Å²) in [7, 11) is 0. The molecule has 1 aliphatic heterocycles. The maximum absolute atomic E-state index is 12.3. The van der Waals surface area contributed by atoms with Crippen LogP contribution in [0.25, 0.3) is 0 Å². The second-order valence-corrected chi connectivity index (χ2v) is 5.20. The monoisotopic (exact) mass is 267 g/mol. The van der Waals surface area contributed by atoms with Gasteiger partial charge in [0, 0.05) is 13.0 Å². The van der Waals surface area contributed by atoms with E-state index in [4.69, 9.17) is 9.84 Å². The number of ether oxygens (including phenoxy) is 1. The van der Waals surface area contributed by atoms with E-state index >= 15 is 0 Å². The highest BCUT2D eigenvalue weighted by atomic mass is 16.5. The number of carboxylic acids is 1. The zero-order chi connectivity index (χ0) is 13.7. The molecule has 2 rings (SSSR count). The summed E-state index contributed by atoms with van der Waals surface area (Å²) in [5, 5.41) is 8.88. The van der Waals surface area contributed by atoms with Crippen LogP contribution in [0.2, 0.25) is 0 Å². The third kappa shape index (κ3) is 4.06. The van der Waals surface area contributed by atoms with Crippen molar-refractivity contribution in [1.29, 1.82) is 0 Å². The van der Waals surface area contributed by atoms with Crippen molar-refractivity contribution in [1.82, 2.24) is 4.90 Å². The molecule has 1 unspecified atom stereocenters. The number of carbonyl (C=O) groups excluding carboxylic acids is 1. The lowest BCUT2D eigenvalue weighted by Gasteiger charge is -2.35. The van der Waals surface area contributed by atoms with E-state index in [1.54, 1.807) is 4.90 Å². The molecule has 0 radical (unpaired) electrons. The molecule has 1 fully saturated rings. The normalized spacial score (nSPS) is 23.9. The van der Waals surface area contributed by atoms with Gasteiger partial charge < -0.3 is 14.7 Å². The van der Waals surface area contributed by atoms with Gasteiger partial charge in [0.15, 0.2) is 0 Å². The first-order valence-corrected chi connectivity index (χ1v) is 6.93. The molecule has 0 saturated carbocycles. The van der Waals surface area contributed by atoms with Gasteiger partial charge in [-0.05, 0) is 25.7 Å². The second kappa shape index (κ2) is 6.70. The lowest BCUT2D eigenvalue weighted by molar-refractivity contribution is -0.145. The molecule has 5 nitrogen and oxygen atoms in total. The summed E-state index contributed by atoms with van der Waals surface area (Å²) in [4.78, 5) is 24.8. The standard InChI is InChI=1S/C14H21NO4/c16-13(8-11-4-2-1-3-5-11)15-6-7-19-10-12(15)9-14(17)18/h4,12H,1-3,5-10H2,(H,17,18). The SMILES string of the molecule is O=C(O)CC1COCCN1C(=O)CC1=CCCCC1. The summed E-state index contributed by atoms with van der Waals surface area (Å²) in [6.45, 7) is 1.34. The molecule has 19 heavy (non-hydrogen) atoms.